The van der Waals surface area contributed by atoms with E-state index in [-0.39, 0.29) is 17.7 Å². The predicted molar refractivity (Wildman–Crippen MR) is 90.9 cm³/mol. The molecule has 0 spiro atoms. The number of piperidine rings is 1. The lowest BCUT2D eigenvalue weighted by molar-refractivity contribution is 0.0948. The molecule has 0 bridgehead atoms. The molecule has 0 radical (unpaired) electrons. The fraction of sp³-hybridized carbons (Fsp3) is 0.412. The van der Waals surface area contributed by atoms with Crippen LogP contribution in [0.5, 0.6) is 0 Å². The third kappa shape index (κ3) is 3.61. The SMILES string of the molecule is Cn1cccc(C(=O)NCc2nccc(N3CCCCC3)n2)c1=O. The highest BCUT2D eigenvalue weighted by Gasteiger charge is 2.14. The van der Waals surface area contributed by atoms with Gasteiger partial charge in [0.15, 0.2) is 0 Å². The maximum Gasteiger partial charge on any atom is 0.263 e. The Labute approximate surface area is 140 Å². The Morgan fingerprint density at radius 2 is 2.04 bits per heavy atom. The Bertz CT molecular complexity index is 781. The molecular weight excluding hydrogens is 306 g/mol. The van der Waals surface area contributed by atoms with Gasteiger partial charge in [-0.25, -0.2) is 9.97 Å². The Balaban J connectivity index is 1.67. The van der Waals surface area contributed by atoms with Gasteiger partial charge in [-0.1, -0.05) is 0 Å². The maximum absolute atomic E-state index is 12.2. The number of carbonyl (C=O) groups excluding carboxylic acids is 1. The molecule has 126 valence electrons. The van der Waals surface area contributed by atoms with Gasteiger partial charge >= 0.3 is 0 Å². The lowest BCUT2D eigenvalue weighted by Gasteiger charge is -2.27. The first-order valence-corrected chi connectivity index (χ1v) is 8.16. The summed E-state index contributed by atoms with van der Waals surface area (Å²) in [6, 6.07) is 5.08. The number of carbonyl (C=O) groups is 1. The number of pyridine rings is 1. The quantitative estimate of drug-likeness (QED) is 0.909. The second kappa shape index (κ2) is 7.25. The van der Waals surface area contributed by atoms with Gasteiger partial charge in [-0.15, -0.1) is 0 Å². The van der Waals surface area contributed by atoms with E-state index in [9.17, 15) is 9.59 Å². The van der Waals surface area contributed by atoms with Crippen molar-refractivity contribution < 1.29 is 4.79 Å². The lowest BCUT2D eigenvalue weighted by Crippen LogP contribution is -2.33. The monoisotopic (exact) mass is 327 g/mol. The number of rotatable bonds is 4. The van der Waals surface area contributed by atoms with E-state index in [1.54, 1.807) is 25.5 Å². The molecule has 0 unspecified atom stereocenters. The molecule has 1 amide bonds. The van der Waals surface area contributed by atoms with Crippen LogP contribution in [0.25, 0.3) is 0 Å². The minimum atomic E-state index is -0.414. The van der Waals surface area contributed by atoms with E-state index in [0.717, 1.165) is 18.9 Å². The van der Waals surface area contributed by atoms with E-state index in [2.05, 4.69) is 20.2 Å². The number of aromatic nitrogens is 3. The van der Waals surface area contributed by atoms with E-state index in [1.165, 1.54) is 29.9 Å². The molecule has 1 aliphatic heterocycles. The Kier molecular flexibility index (Phi) is 4.88. The average Bonchev–Trinajstić information content (AvgIpc) is 2.63. The Morgan fingerprint density at radius 3 is 2.83 bits per heavy atom. The molecule has 1 aliphatic rings. The summed E-state index contributed by atoms with van der Waals surface area (Å²) < 4.78 is 1.38. The summed E-state index contributed by atoms with van der Waals surface area (Å²) >= 11 is 0. The molecule has 7 heteroatoms. The first kappa shape index (κ1) is 16.2. The molecule has 3 heterocycles. The van der Waals surface area contributed by atoms with E-state index in [0.29, 0.717) is 5.82 Å². The number of hydrogen-bond acceptors (Lipinski definition) is 5. The van der Waals surface area contributed by atoms with Gasteiger partial charge in [0.05, 0.1) is 6.54 Å². The van der Waals surface area contributed by atoms with Crippen LogP contribution < -0.4 is 15.8 Å². The van der Waals surface area contributed by atoms with Crippen molar-refractivity contribution in [3.05, 3.63) is 52.3 Å². The maximum atomic E-state index is 12.2. The third-order valence-corrected chi connectivity index (χ3v) is 4.15. The highest BCUT2D eigenvalue weighted by Crippen LogP contribution is 2.16. The number of nitrogens with zero attached hydrogens (tertiary/aromatic N) is 4. The van der Waals surface area contributed by atoms with E-state index in [1.807, 2.05) is 6.07 Å². The smallest absolute Gasteiger partial charge is 0.263 e. The number of amides is 1. The summed E-state index contributed by atoms with van der Waals surface area (Å²) in [5.41, 5.74) is -0.204. The fourth-order valence-electron chi connectivity index (χ4n) is 2.80. The van der Waals surface area contributed by atoms with Crippen molar-refractivity contribution in [2.75, 3.05) is 18.0 Å². The van der Waals surface area contributed by atoms with Crippen LogP contribution in [0, 0.1) is 0 Å². The van der Waals surface area contributed by atoms with Gasteiger partial charge in [0.2, 0.25) is 0 Å². The molecule has 0 aliphatic carbocycles. The molecule has 0 saturated carbocycles. The van der Waals surface area contributed by atoms with Gasteiger partial charge in [-0.05, 0) is 37.5 Å². The number of hydrogen-bond donors (Lipinski definition) is 1. The van der Waals surface area contributed by atoms with E-state index in [4.69, 9.17) is 0 Å². The predicted octanol–water partition coefficient (Wildman–Crippen LogP) is 1.10. The zero-order valence-corrected chi connectivity index (χ0v) is 13.7. The van der Waals surface area contributed by atoms with Crippen molar-refractivity contribution in [3.8, 4) is 0 Å². The summed E-state index contributed by atoms with van der Waals surface area (Å²) in [5, 5.41) is 2.72. The van der Waals surface area contributed by atoms with Crippen LogP contribution >= 0.6 is 0 Å². The Morgan fingerprint density at radius 1 is 1.25 bits per heavy atom. The van der Waals surface area contributed by atoms with Crippen LogP contribution in [0.4, 0.5) is 5.82 Å². The van der Waals surface area contributed by atoms with Crippen LogP contribution in [0.3, 0.4) is 0 Å². The van der Waals surface area contributed by atoms with Crippen molar-refractivity contribution in [1.82, 2.24) is 19.9 Å². The molecule has 0 atom stereocenters. The van der Waals surface area contributed by atoms with Crippen molar-refractivity contribution in [2.45, 2.75) is 25.8 Å². The van der Waals surface area contributed by atoms with Gasteiger partial charge in [0.1, 0.15) is 17.2 Å². The molecule has 24 heavy (non-hydrogen) atoms. The van der Waals surface area contributed by atoms with Gasteiger partial charge in [0, 0.05) is 32.5 Å². The molecule has 2 aromatic rings. The molecule has 0 aromatic carbocycles. The largest absolute Gasteiger partial charge is 0.357 e. The lowest BCUT2D eigenvalue weighted by atomic mass is 10.1. The van der Waals surface area contributed by atoms with Crippen molar-refractivity contribution in [1.29, 1.82) is 0 Å². The van der Waals surface area contributed by atoms with Gasteiger partial charge in [-0.2, -0.15) is 0 Å². The van der Waals surface area contributed by atoms with Crippen molar-refractivity contribution in [3.63, 3.8) is 0 Å². The topological polar surface area (TPSA) is 80.1 Å². The first-order chi connectivity index (χ1) is 11.6. The second-order valence-electron chi connectivity index (χ2n) is 5.90. The Hall–Kier alpha value is -2.70. The summed E-state index contributed by atoms with van der Waals surface area (Å²) in [6.45, 7) is 2.20. The normalized spacial score (nSPS) is 14.5. The minimum absolute atomic E-state index is 0.118. The zero-order chi connectivity index (χ0) is 16.9. The molecule has 2 aromatic heterocycles. The van der Waals surface area contributed by atoms with E-state index >= 15 is 0 Å². The molecular formula is C17H21N5O2. The van der Waals surface area contributed by atoms with E-state index < -0.39 is 5.91 Å². The molecule has 7 nitrogen and oxygen atoms in total. The number of aryl methyl sites for hydroxylation is 1. The third-order valence-electron chi connectivity index (χ3n) is 4.15. The van der Waals surface area contributed by atoms with Gasteiger partial charge in [-0.3, -0.25) is 9.59 Å². The van der Waals surface area contributed by atoms with Crippen molar-refractivity contribution in [2.24, 2.45) is 7.05 Å². The summed E-state index contributed by atoms with van der Waals surface area (Å²) in [6.07, 6.45) is 6.93. The van der Waals surface area contributed by atoms with Crippen LogP contribution in [-0.4, -0.2) is 33.5 Å². The summed E-state index contributed by atoms with van der Waals surface area (Å²) in [5.74, 6) is 1.02. The van der Waals surface area contributed by atoms with Crippen molar-refractivity contribution >= 4 is 11.7 Å². The highest BCUT2D eigenvalue weighted by atomic mass is 16.2. The average molecular weight is 327 g/mol. The summed E-state index contributed by atoms with van der Waals surface area (Å²) in [7, 11) is 1.62. The van der Waals surface area contributed by atoms with Crippen LogP contribution in [-0.2, 0) is 13.6 Å². The number of nitrogens with one attached hydrogen (secondary N) is 1. The highest BCUT2D eigenvalue weighted by molar-refractivity contribution is 5.93. The standard InChI is InChI=1S/C17H21N5O2/c1-21-9-5-6-13(17(21)24)16(23)19-12-14-18-8-7-15(20-14)22-10-3-2-4-11-22/h5-9H,2-4,10-12H2,1H3,(H,19,23). The molecule has 1 fully saturated rings. The minimum Gasteiger partial charge on any atom is -0.357 e. The molecule has 1 N–H and O–H groups in total. The second-order valence-corrected chi connectivity index (χ2v) is 5.90. The fourth-order valence-corrected chi connectivity index (χ4v) is 2.80. The van der Waals surface area contributed by atoms with Gasteiger partial charge in [0.25, 0.3) is 11.5 Å². The van der Waals surface area contributed by atoms with Gasteiger partial charge < -0.3 is 14.8 Å². The zero-order valence-electron chi connectivity index (χ0n) is 13.7. The van der Waals surface area contributed by atoms with Crippen LogP contribution in [0.1, 0.15) is 35.4 Å². The van der Waals surface area contributed by atoms with Crippen LogP contribution in [0.15, 0.2) is 35.4 Å². The molecule has 1 saturated heterocycles. The number of anilines is 1. The summed E-state index contributed by atoms with van der Waals surface area (Å²) in [4.78, 5) is 35.1. The first-order valence-electron chi connectivity index (χ1n) is 8.16. The van der Waals surface area contributed by atoms with Crippen LogP contribution in [0.2, 0.25) is 0 Å². The molecule has 3 rings (SSSR count).